The second-order valence-corrected chi connectivity index (χ2v) is 10.6. The van der Waals surface area contributed by atoms with Crippen molar-refractivity contribution in [2.45, 2.75) is 57.8 Å². The molecule has 29 heavy (non-hydrogen) atoms. The number of nitrogens with zero attached hydrogens (tertiary/aromatic N) is 4. The zero-order chi connectivity index (χ0) is 21.4. The summed E-state index contributed by atoms with van der Waals surface area (Å²) in [5, 5.41) is 19.3. The monoisotopic (exact) mass is 422 g/mol. The van der Waals surface area contributed by atoms with E-state index in [9.17, 15) is 18.5 Å². The number of non-ortho nitro benzene ring substituents is 1. The number of aromatic nitrogens is 2. The zero-order valence-corrected chi connectivity index (χ0v) is 17.9. The highest BCUT2D eigenvalue weighted by Crippen LogP contribution is 2.32. The van der Waals surface area contributed by atoms with E-state index in [2.05, 4.69) is 31.0 Å². The molecular formula is C19H26N4O5S. The van der Waals surface area contributed by atoms with Crippen molar-refractivity contribution < 1.29 is 17.8 Å². The molecule has 1 saturated heterocycles. The van der Waals surface area contributed by atoms with Crippen molar-refractivity contribution in [1.29, 1.82) is 0 Å². The Hall–Kier alpha value is -2.33. The van der Waals surface area contributed by atoms with Gasteiger partial charge in [-0.1, -0.05) is 26.8 Å². The summed E-state index contributed by atoms with van der Waals surface area (Å²) in [6.07, 6.45) is 2.04. The number of nitro groups is 1. The summed E-state index contributed by atoms with van der Waals surface area (Å²) >= 11 is 0. The molecule has 158 valence electrons. The predicted molar refractivity (Wildman–Crippen MR) is 106 cm³/mol. The molecule has 2 aromatic rings. The van der Waals surface area contributed by atoms with Gasteiger partial charge < -0.3 is 4.42 Å². The Morgan fingerprint density at radius 3 is 2.69 bits per heavy atom. The summed E-state index contributed by atoms with van der Waals surface area (Å²) < 4.78 is 33.5. The molecule has 0 radical (unpaired) electrons. The van der Waals surface area contributed by atoms with Gasteiger partial charge in [0, 0.05) is 31.6 Å². The highest BCUT2D eigenvalue weighted by molar-refractivity contribution is 7.89. The molecular weight excluding hydrogens is 396 g/mol. The minimum atomic E-state index is -3.87. The highest BCUT2D eigenvalue weighted by Gasteiger charge is 2.35. The van der Waals surface area contributed by atoms with E-state index in [4.69, 9.17) is 4.42 Å². The quantitative estimate of drug-likeness (QED) is 0.534. The van der Waals surface area contributed by atoms with Gasteiger partial charge >= 0.3 is 0 Å². The summed E-state index contributed by atoms with van der Waals surface area (Å²) in [6, 6.07) is 3.90. The lowest BCUT2D eigenvalue weighted by Gasteiger charge is -2.30. The van der Waals surface area contributed by atoms with Gasteiger partial charge in [0.15, 0.2) is 0 Å². The maximum Gasteiger partial charge on any atom is 0.270 e. The Kier molecular flexibility index (Phi) is 5.77. The van der Waals surface area contributed by atoms with Gasteiger partial charge in [0.25, 0.3) is 5.69 Å². The van der Waals surface area contributed by atoms with Crippen LogP contribution in [0.4, 0.5) is 5.69 Å². The number of piperidine rings is 1. The van der Waals surface area contributed by atoms with E-state index in [0.717, 1.165) is 12.5 Å². The highest BCUT2D eigenvalue weighted by atomic mass is 32.2. The summed E-state index contributed by atoms with van der Waals surface area (Å²) in [5.41, 5.74) is 0.236. The first kappa shape index (κ1) is 21.4. The second kappa shape index (κ2) is 7.83. The molecule has 1 aliphatic heterocycles. The minimum absolute atomic E-state index is 0.00525. The smallest absolute Gasteiger partial charge is 0.270 e. The van der Waals surface area contributed by atoms with Gasteiger partial charge in [-0.05, 0) is 30.7 Å². The maximum atomic E-state index is 13.2. The Balaban J connectivity index is 1.84. The van der Waals surface area contributed by atoms with Crippen molar-refractivity contribution in [3.63, 3.8) is 0 Å². The third-order valence-corrected chi connectivity index (χ3v) is 6.90. The van der Waals surface area contributed by atoms with Crippen molar-refractivity contribution in [1.82, 2.24) is 14.5 Å². The summed E-state index contributed by atoms with van der Waals surface area (Å²) in [5.74, 6) is 0.792. The van der Waals surface area contributed by atoms with Gasteiger partial charge in [-0.15, -0.1) is 10.2 Å². The fourth-order valence-corrected chi connectivity index (χ4v) is 5.21. The van der Waals surface area contributed by atoms with Crippen LogP contribution < -0.4 is 0 Å². The molecule has 1 aromatic heterocycles. The molecule has 1 atom stereocenters. The molecule has 1 aromatic carbocycles. The standard InChI is InChI=1S/C19H26N4O5S/c1-13-7-8-15(23(24)25)10-16(13)29(26,27)22-9-5-6-14(12-22)18-21-20-17(28-18)11-19(2,3)4/h7-8,10,14H,5-6,9,11-12H2,1-4H3. The van der Waals surface area contributed by atoms with Crippen LogP contribution in [0.15, 0.2) is 27.5 Å². The van der Waals surface area contributed by atoms with Crippen LogP contribution in [0.3, 0.4) is 0 Å². The van der Waals surface area contributed by atoms with E-state index in [-0.39, 0.29) is 28.5 Å². The van der Waals surface area contributed by atoms with E-state index in [0.29, 0.717) is 36.7 Å². The number of sulfonamides is 1. The third kappa shape index (κ3) is 4.81. The SMILES string of the molecule is Cc1ccc([N+](=O)[O-])cc1S(=O)(=O)N1CCCC(c2nnc(CC(C)(C)C)o2)C1. The normalized spacial score (nSPS) is 18.7. The van der Waals surface area contributed by atoms with Gasteiger partial charge in [-0.25, -0.2) is 8.42 Å². The van der Waals surface area contributed by atoms with E-state index < -0.39 is 14.9 Å². The van der Waals surface area contributed by atoms with Crippen molar-refractivity contribution in [2.24, 2.45) is 5.41 Å². The summed E-state index contributed by atoms with van der Waals surface area (Å²) in [7, 11) is -3.87. The van der Waals surface area contributed by atoms with Gasteiger partial charge in [0.05, 0.1) is 15.7 Å². The molecule has 0 amide bonds. The Labute approximate surface area is 170 Å². The molecule has 9 nitrogen and oxygen atoms in total. The molecule has 3 rings (SSSR count). The number of aryl methyl sites for hydroxylation is 1. The first-order chi connectivity index (χ1) is 13.5. The van der Waals surface area contributed by atoms with Gasteiger partial charge in [-0.2, -0.15) is 4.31 Å². The molecule has 10 heteroatoms. The molecule has 2 heterocycles. The van der Waals surface area contributed by atoms with Crippen LogP contribution in [-0.4, -0.2) is 40.9 Å². The molecule has 0 saturated carbocycles. The molecule has 0 bridgehead atoms. The first-order valence-corrected chi connectivity index (χ1v) is 11.0. The Morgan fingerprint density at radius 1 is 1.31 bits per heavy atom. The van der Waals surface area contributed by atoms with Crippen LogP contribution >= 0.6 is 0 Å². The Morgan fingerprint density at radius 2 is 2.03 bits per heavy atom. The summed E-state index contributed by atoms with van der Waals surface area (Å²) in [6.45, 7) is 8.42. The zero-order valence-electron chi connectivity index (χ0n) is 17.1. The van der Waals surface area contributed by atoms with E-state index in [1.165, 1.54) is 16.4 Å². The molecule has 0 aliphatic carbocycles. The van der Waals surface area contributed by atoms with Crippen molar-refractivity contribution in [2.75, 3.05) is 13.1 Å². The fourth-order valence-electron chi connectivity index (χ4n) is 3.44. The molecule has 1 fully saturated rings. The largest absolute Gasteiger partial charge is 0.425 e. The number of hydrogen-bond acceptors (Lipinski definition) is 7. The Bertz CT molecular complexity index is 1010. The topological polar surface area (TPSA) is 119 Å². The van der Waals surface area contributed by atoms with Crippen molar-refractivity contribution in [3.8, 4) is 0 Å². The van der Waals surface area contributed by atoms with E-state index >= 15 is 0 Å². The maximum absolute atomic E-state index is 13.2. The molecule has 1 aliphatic rings. The van der Waals surface area contributed by atoms with Crippen LogP contribution in [0.5, 0.6) is 0 Å². The molecule has 0 spiro atoms. The van der Waals surface area contributed by atoms with Crippen molar-refractivity contribution >= 4 is 15.7 Å². The van der Waals surface area contributed by atoms with Gasteiger partial charge in [0.2, 0.25) is 21.8 Å². The first-order valence-electron chi connectivity index (χ1n) is 9.55. The van der Waals surface area contributed by atoms with Crippen LogP contribution in [-0.2, 0) is 16.4 Å². The lowest BCUT2D eigenvalue weighted by Crippen LogP contribution is -2.39. The number of nitro benzene ring substituents is 1. The average Bonchev–Trinajstić information content (AvgIpc) is 3.08. The lowest BCUT2D eigenvalue weighted by molar-refractivity contribution is -0.385. The number of benzene rings is 1. The predicted octanol–water partition coefficient (Wildman–Crippen LogP) is 3.44. The van der Waals surface area contributed by atoms with Crippen LogP contribution in [0.25, 0.3) is 0 Å². The minimum Gasteiger partial charge on any atom is -0.425 e. The van der Waals surface area contributed by atoms with Crippen molar-refractivity contribution in [3.05, 3.63) is 45.7 Å². The molecule has 0 N–H and O–H groups in total. The van der Waals surface area contributed by atoms with Gasteiger partial charge in [0.1, 0.15) is 0 Å². The number of hydrogen-bond donors (Lipinski definition) is 0. The molecule has 1 unspecified atom stereocenters. The fraction of sp³-hybridized carbons (Fsp3) is 0.579. The van der Waals surface area contributed by atoms with E-state index in [1.807, 2.05) is 0 Å². The van der Waals surface area contributed by atoms with Crippen LogP contribution in [0.2, 0.25) is 0 Å². The third-order valence-electron chi connectivity index (χ3n) is 4.90. The van der Waals surface area contributed by atoms with E-state index in [1.54, 1.807) is 6.92 Å². The van der Waals surface area contributed by atoms with Crippen LogP contribution in [0, 0.1) is 22.5 Å². The lowest BCUT2D eigenvalue weighted by atomic mass is 9.92. The average molecular weight is 423 g/mol. The number of rotatable bonds is 5. The van der Waals surface area contributed by atoms with Gasteiger partial charge in [-0.3, -0.25) is 10.1 Å². The summed E-state index contributed by atoms with van der Waals surface area (Å²) in [4.78, 5) is 10.4. The second-order valence-electron chi connectivity index (χ2n) is 8.68. The van der Waals surface area contributed by atoms with Crippen LogP contribution in [0.1, 0.15) is 56.9 Å².